The highest BCUT2D eigenvalue weighted by molar-refractivity contribution is 7.89. The molecule has 1 aromatic carbocycles. The summed E-state index contributed by atoms with van der Waals surface area (Å²) in [6, 6.07) is 6.96. The van der Waals surface area contributed by atoms with Crippen LogP contribution in [0.25, 0.3) is 0 Å². The number of hydrogen-bond donors (Lipinski definition) is 0. The second-order valence-corrected chi connectivity index (χ2v) is 9.05. The Balaban J connectivity index is 2.16. The second kappa shape index (κ2) is 6.61. The predicted molar refractivity (Wildman–Crippen MR) is 90.6 cm³/mol. The first-order valence-electron chi connectivity index (χ1n) is 7.98. The van der Waals surface area contributed by atoms with E-state index in [4.69, 9.17) is 0 Å². The van der Waals surface area contributed by atoms with Crippen LogP contribution >= 0.6 is 0 Å². The molecule has 0 N–H and O–H groups in total. The molecule has 1 aliphatic heterocycles. The predicted octanol–water partition coefficient (Wildman–Crippen LogP) is 2.26. The molecule has 1 saturated heterocycles. The second-order valence-electron chi connectivity index (χ2n) is 7.12. The van der Waals surface area contributed by atoms with Crippen molar-refractivity contribution in [2.75, 3.05) is 26.2 Å². The third-order valence-corrected chi connectivity index (χ3v) is 5.91. The number of carbonyl (C=O) groups is 1. The Kier molecular flexibility index (Phi) is 5.16. The molecular formula is C17H26N2O3S. The first-order valence-corrected chi connectivity index (χ1v) is 9.42. The number of aryl methyl sites for hydroxylation is 1. The Morgan fingerprint density at radius 3 is 2.39 bits per heavy atom. The van der Waals surface area contributed by atoms with Crippen molar-refractivity contribution in [3.05, 3.63) is 29.8 Å². The summed E-state index contributed by atoms with van der Waals surface area (Å²) in [6.07, 6.45) is 0.660. The van der Waals surface area contributed by atoms with Crippen LogP contribution in [0.15, 0.2) is 29.2 Å². The molecule has 0 aliphatic carbocycles. The van der Waals surface area contributed by atoms with E-state index in [1.807, 2.05) is 33.8 Å². The molecule has 0 atom stereocenters. The Hall–Kier alpha value is -1.40. The molecule has 0 aromatic heterocycles. The summed E-state index contributed by atoms with van der Waals surface area (Å²) in [4.78, 5) is 14.5. The summed E-state index contributed by atoms with van der Waals surface area (Å²) in [5.74, 6) is 0.0762. The highest BCUT2D eigenvalue weighted by Crippen LogP contribution is 2.22. The topological polar surface area (TPSA) is 57.7 Å². The number of nitrogens with zero attached hydrogens (tertiary/aromatic N) is 2. The minimum Gasteiger partial charge on any atom is -0.341 e. The highest BCUT2D eigenvalue weighted by atomic mass is 32.2. The van der Waals surface area contributed by atoms with Gasteiger partial charge in [-0.1, -0.05) is 32.9 Å². The van der Waals surface area contributed by atoms with Gasteiger partial charge in [-0.15, -0.1) is 0 Å². The molecular weight excluding hydrogens is 312 g/mol. The van der Waals surface area contributed by atoms with E-state index in [2.05, 4.69) is 0 Å². The van der Waals surface area contributed by atoms with Crippen molar-refractivity contribution in [3.63, 3.8) is 0 Å². The van der Waals surface area contributed by atoms with Gasteiger partial charge in [-0.3, -0.25) is 4.79 Å². The molecule has 5 nitrogen and oxygen atoms in total. The summed E-state index contributed by atoms with van der Waals surface area (Å²) in [6.45, 7) is 9.40. The van der Waals surface area contributed by atoms with Crippen molar-refractivity contribution >= 4 is 15.9 Å². The molecule has 1 aromatic rings. The summed E-state index contributed by atoms with van der Waals surface area (Å²) in [5, 5.41) is 0. The van der Waals surface area contributed by atoms with E-state index in [9.17, 15) is 13.2 Å². The normalized spacial score (nSPS) is 17.8. The highest BCUT2D eigenvalue weighted by Gasteiger charge is 2.31. The van der Waals surface area contributed by atoms with E-state index >= 15 is 0 Å². The maximum Gasteiger partial charge on any atom is 0.243 e. The van der Waals surface area contributed by atoms with Crippen LogP contribution in [0.5, 0.6) is 0 Å². The molecule has 23 heavy (non-hydrogen) atoms. The summed E-state index contributed by atoms with van der Waals surface area (Å²) in [5.41, 5.74) is 0.482. The molecule has 1 aliphatic rings. The zero-order chi connectivity index (χ0) is 17.3. The van der Waals surface area contributed by atoms with Gasteiger partial charge in [0.1, 0.15) is 0 Å². The molecule has 0 spiro atoms. The van der Waals surface area contributed by atoms with Crippen molar-refractivity contribution in [3.8, 4) is 0 Å². The number of sulfonamides is 1. The minimum atomic E-state index is -3.50. The first kappa shape index (κ1) is 17.9. The third-order valence-electron chi connectivity index (χ3n) is 4.01. The van der Waals surface area contributed by atoms with Crippen LogP contribution in [0.4, 0.5) is 0 Å². The zero-order valence-corrected chi connectivity index (χ0v) is 15.2. The standard InChI is InChI=1S/C17H26N2O3S/c1-14-7-5-8-15(13-14)23(21,22)19-10-6-9-18(11-12-19)16(20)17(2,3)4/h5,7-8,13H,6,9-12H2,1-4H3. The van der Waals surface area contributed by atoms with Crippen LogP contribution in [0.2, 0.25) is 0 Å². The Labute approximate surface area is 139 Å². The largest absolute Gasteiger partial charge is 0.341 e. The van der Waals surface area contributed by atoms with Crippen molar-refractivity contribution in [1.82, 2.24) is 9.21 Å². The zero-order valence-electron chi connectivity index (χ0n) is 14.4. The van der Waals surface area contributed by atoms with Crippen LogP contribution in [-0.2, 0) is 14.8 Å². The average molecular weight is 338 g/mol. The van der Waals surface area contributed by atoms with Crippen LogP contribution in [0, 0.1) is 12.3 Å². The molecule has 0 bridgehead atoms. The quantitative estimate of drug-likeness (QED) is 0.831. The molecule has 0 saturated carbocycles. The molecule has 1 amide bonds. The number of amides is 1. The van der Waals surface area contributed by atoms with E-state index in [-0.39, 0.29) is 5.91 Å². The molecule has 1 fully saturated rings. The van der Waals surface area contributed by atoms with Crippen LogP contribution in [0.3, 0.4) is 0 Å². The summed E-state index contributed by atoms with van der Waals surface area (Å²) in [7, 11) is -3.50. The average Bonchev–Trinajstić information content (AvgIpc) is 2.71. The lowest BCUT2D eigenvalue weighted by Crippen LogP contribution is -2.42. The minimum absolute atomic E-state index is 0.0762. The number of benzene rings is 1. The lowest BCUT2D eigenvalue weighted by molar-refractivity contribution is -0.139. The lowest BCUT2D eigenvalue weighted by Gasteiger charge is -2.28. The SMILES string of the molecule is Cc1cccc(S(=O)(=O)N2CCCN(C(=O)C(C)(C)C)CC2)c1. The fourth-order valence-corrected chi connectivity index (χ4v) is 4.31. The fourth-order valence-electron chi connectivity index (χ4n) is 2.74. The van der Waals surface area contributed by atoms with Crippen LogP contribution < -0.4 is 0 Å². The van der Waals surface area contributed by atoms with Gasteiger partial charge in [0, 0.05) is 31.6 Å². The van der Waals surface area contributed by atoms with Gasteiger partial charge in [-0.25, -0.2) is 8.42 Å². The number of carbonyl (C=O) groups excluding carboxylic acids is 1. The number of hydrogen-bond acceptors (Lipinski definition) is 3. The Bertz CT molecular complexity index is 677. The van der Waals surface area contributed by atoms with E-state index in [1.165, 1.54) is 4.31 Å². The van der Waals surface area contributed by atoms with Gasteiger partial charge >= 0.3 is 0 Å². The van der Waals surface area contributed by atoms with E-state index < -0.39 is 15.4 Å². The lowest BCUT2D eigenvalue weighted by atomic mass is 9.94. The van der Waals surface area contributed by atoms with E-state index in [0.717, 1.165) is 5.56 Å². The van der Waals surface area contributed by atoms with Gasteiger partial charge in [0.25, 0.3) is 0 Å². The maximum atomic E-state index is 12.8. The van der Waals surface area contributed by atoms with Gasteiger partial charge in [-0.2, -0.15) is 4.31 Å². The van der Waals surface area contributed by atoms with Crippen molar-refractivity contribution < 1.29 is 13.2 Å². The Morgan fingerprint density at radius 1 is 1.09 bits per heavy atom. The summed E-state index contributed by atoms with van der Waals surface area (Å²) < 4.78 is 27.1. The van der Waals surface area contributed by atoms with E-state index in [1.54, 1.807) is 23.1 Å². The van der Waals surface area contributed by atoms with Gasteiger partial charge in [-0.05, 0) is 31.0 Å². The maximum absolute atomic E-state index is 12.8. The van der Waals surface area contributed by atoms with Crippen LogP contribution in [-0.4, -0.2) is 49.7 Å². The summed E-state index contributed by atoms with van der Waals surface area (Å²) >= 11 is 0. The monoisotopic (exact) mass is 338 g/mol. The fraction of sp³-hybridized carbons (Fsp3) is 0.588. The Morgan fingerprint density at radius 2 is 1.78 bits per heavy atom. The van der Waals surface area contributed by atoms with Gasteiger partial charge in [0.2, 0.25) is 15.9 Å². The number of rotatable bonds is 2. The molecule has 6 heteroatoms. The molecule has 128 valence electrons. The molecule has 0 unspecified atom stereocenters. The molecule has 1 heterocycles. The molecule has 0 radical (unpaired) electrons. The van der Waals surface area contributed by atoms with Gasteiger partial charge < -0.3 is 4.90 Å². The van der Waals surface area contributed by atoms with E-state index in [0.29, 0.717) is 37.5 Å². The first-order chi connectivity index (χ1) is 10.6. The smallest absolute Gasteiger partial charge is 0.243 e. The van der Waals surface area contributed by atoms with Gasteiger partial charge in [0.15, 0.2) is 0 Å². The van der Waals surface area contributed by atoms with Crippen molar-refractivity contribution in [1.29, 1.82) is 0 Å². The van der Waals surface area contributed by atoms with Crippen LogP contribution in [0.1, 0.15) is 32.8 Å². The van der Waals surface area contributed by atoms with Gasteiger partial charge in [0.05, 0.1) is 4.90 Å². The van der Waals surface area contributed by atoms with Crippen molar-refractivity contribution in [2.24, 2.45) is 5.41 Å². The van der Waals surface area contributed by atoms with Crippen molar-refractivity contribution in [2.45, 2.75) is 39.0 Å². The third kappa shape index (κ3) is 4.12. The molecule has 2 rings (SSSR count).